The zero-order chi connectivity index (χ0) is 30.3. The number of nitrogens with one attached hydrogen (secondary N) is 1. The summed E-state index contributed by atoms with van der Waals surface area (Å²) in [5, 5.41) is 13.9. The third kappa shape index (κ3) is 7.78. The number of rotatable bonds is 12. The third-order valence-electron chi connectivity index (χ3n) is 6.12. The largest absolute Gasteiger partial charge is 0.350 e. The summed E-state index contributed by atoms with van der Waals surface area (Å²) in [6.45, 7) is 3.97. The van der Waals surface area contributed by atoms with Crippen LogP contribution in [0.2, 0.25) is 10.0 Å². The summed E-state index contributed by atoms with van der Waals surface area (Å²) in [5.74, 6) is -0.274. The zero-order valence-electron chi connectivity index (χ0n) is 22.9. The molecule has 0 saturated heterocycles. The first-order valence-electron chi connectivity index (χ1n) is 13.0. The van der Waals surface area contributed by atoms with Crippen molar-refractivity contribution in [1.29, 1.82) is 5.26 Å². The van der Waals surface area contributed by atoms with E-state index in [9.17, 15) is 13.6 Å². The Morgan fingerprint density at radius 3 is 2.26 bits per heavy atom. The van der Waals surface area contributed by atoms with Crippen molar-refractivity contribution in [3.8, 4) is 6.07 Å². The maximum atomic E-state index is 13.9. The number of halogens is 2. The van der Waals surface area contributed by atoms with Crippen molar-refractivity contribution in [2.45, 2.75) is 25.3 Å². The molecule has 0 heterocycles. The van der Waals surface area contributed by atoms with Crippen LogP contribution in [-0.4, -0.2) is 29.6 Å². The molecule has 4 aromatic rings. The van der Waals surface area contributed by atoms with Crippen molar-refractivity contribution in [1.82, 2.24) is 5.32 Å². The van der Waals surface area contributed by atoms with Crippen molar-refractivity contribution in [2.75, 3.05) is 23.8 Å². The summed E-state index contributed by atoms with van der Waals surface area (Å²) >= 11 is 12.4. The maximum Gasteiger partial charge on any atom is 0.350 e. The van der Waals surface area contributed by atoms with Crippen molar-refractivity contribution in [2.24, 2.45) is 0 Å². The standard InChI is InChI=1S/C30H28Cl2N3O5PS/c1-3-39-41(37,40-4-2)20-35(42(38)27-16-24(31)15-25(32)17-27)26-12-13-28-23(14-26)6-5-7-29(28)30(36)34-19-22-10-8-21(18-33)9-11-22/h5-17H,3-4,19-20H2,1-2H3,(H,34,36). The van der Waals surface area contributed by atoms with Gasteiger partial charge in [-0.3, -0.25) is 13.7 Å². The Balaban J connectivity index is 1.69. The van der Waals surface area contributed by atoms with Gasteiger partial charge in [0.05, 0.1) is 35.4 Å². The van der Waals surface area contributed by atoms with E-state index in [1.165, 1.54) is 22.5 Å². The summed E-state index contributed by atoms with van der Waals surface area (Å²) in [5.41, 5.74) is 2.32. The van der Waals surface area contributed by atoms with Crippen LogP contribution >= 0.6 is 30.8 Å². The lowest BCUT2D eigenvalue weighted by Gasteiger charge is -2.28. The van der Waals surface area contributed by atoms with Crippen molar-refractivity contribution in [3.63, 3.8) is 0 Å². The van der Waals surface area contributed by atoms with Gasteiger partial charge in [0.25, 0.3) is 5.91 Å². The van der Waals surface area contributed by atoms with Gasteiger partial charge in [0.1, 0.15) is 6.29 Å². The first-order valence-corrected chi connectivity index (χ1v) is 16.6. The molecule has 4 rings (SSSR count). The third-order valence-corrected chi connectivity index (χ3v) is 10.1. The summed E-state index contributed by atoms with van der Waals surface area (Å²) in [6.07, 6.45) is -0.304. The van der Waals surface area contributed by atoms with Gasteiger partial charge in [0.15, 0.2) is 11.0 Å². The molecule has 1 N–H and O–H groups in total. The number of benzene rings is 4. The van der Waals surface area contributed by atoms with Gasteiger partial charge in [0, 0.05) is 22.2 Å². The lowest BCUT2D eigenvalue weighted by molar-refractivity contribution is 0.0952. The molecule has 42 heavy (non-hydrogen) atoms. The minimum absolute atomic E-state index is 0.138. The predicted octanol–water partition coefficient (Wildman–Crippen LogP) is 7.70. The van der Waals surface area contributed by atoms with Gasteiger partial charge in [-0.25, -0.2) is 4.21 Å². The fraction of sp³-hybridized carbons (Fsp3) is 0.200. The first kappa shape index (κ1) is 31.7. The van der Waals surface area contributed by atoms with Crippen molar-refractivity contribution in [3.05, 3.63) is 106 Å². The fourth-order valence-electron chi connectivity index (χ4n) is 4.25. The molecule has 0 aliphatic carbocycles. The monoisotopic (exact) mass is 643 g/mol. The number of hydrogen-bond acceptors (Lipinski definition) is 6. The number of amides is 1. The highest BCUT2D eigenvalue weighted by atomic mass is 35.5. The molecule has 0 aromatic heterocycles. The fourth-order valence-corrected chi connectivity index (χ4v) is 8.27. The Morgan fingerprint density at radius 2 is 1.64 bits per heavy atom. The Hall–Kier alpha value is -3.22. The Labute approximate surface area is 257 Å². The second kappa shape index (κ2) is 14.3. The molecule has 0 spiro atoms. The Bertz CT molecular complexity index is 1680. The van der Waals surface area contributed by atoms with Gasteiger partial charge in [-0.15, -0.1) is 0 Å². The number of nitrogens with zero attached hydrogens (tertiary/aromatic N) is 2. The second-order valence-corrected chi connectivity index (χ2v) is 13.3. The second-order valence-electron chi connectivity index (χ2n) is 9.02. The molecule has 8 nitrogen and oxygen atoms in total. The van der Waals surface area contributed by atoms with E-state index in [-0.39, 0.29) is 32.0 Å². The number of nitriles is 1. The van der Waals surface area contributed by atoms with E-state index in [2.05, 4.69) is 11.4 Å². The van der Waals surface area contributed by atoms with Crippen LogP contribution in [0.5, 0.6) is 0 Å². The summed E-state index contributed by atoms with van der Waals surface area (Å²) in [6, 6.07) is 24.2. The molecule has 1 unspecified atom stereocenters. The number of carbonyl (C=O) groups excluding carboxylic acids is 1. The van der Waals surface area contributed by atoms with Gasteiger partial charge in [0.2, 0.25) is 0 Å². The quantitative estimate of drug-likeness (QED) is 0.158. The molecule has 0 saturated carbocycles. The SMILES string of the molecule is CCOP(=O)(CN(c1ccc2c(C(=O)NCc3ccc(C#N)cc3)cccc2c1)S(=O)c1cc(Cl)cc(Cl)c1)OCC. The Morgan fingerprint density at radius 1 is 0.976 bits per heavy atom. The molecule has 1 atom stereocenters. The van der Waals surface area contributed by atoms with E-state index in [4.69, 9.17) is 37.5 Å². The molecule has 218 valence electrons. The van der Waals surface area contributed by atoms with E-state index in [1.807, 2.05) is 6.07 Å². The molecule has 0 fully saturated rings. The van der Waals surface area contributed by atoms with Crippen LogP contribution in [-0.2, 0) is 31.1 Å². The topological polar surface area (TPSA) is 109 Å². The van der Waals surface area contributed by atoms with Crippen LogP contribution in [0.1, 0.15) is 35.3 Å². The van der Waals surface area contributed by atoms with Crippen LogP contribution in [0.15, 0.2) is 83.8 Å². The average Bonchev–Trinajstić information content (AvgIpc) is 2.97. The Kier molecular flexibility index (Phi) is 10.8. The van der Waals surface area contributed by atoms with Crippen LogP contribution in [0.3, 0.4) is 0 Å². The van der Waals surface area contributed by atoms with E-state index in [0.29, 0.717) is 42.5 Å². The molecular weight excluding hydrogens is 616 g/mol. The highest BCUT2D eigenvalue weighted by Gasteiger charge is 2.31. The minimum Gasteiger partial charge on any atom is -0.348 e. The maximum absolute atomic E-state index is 13.9. The highest BCUT2D eigenvalue weighted by Crippen LogP contribution is 2.50. The van der Waals surface area contributed by atoms with Gasteiger partial charge in [-0.2, -0.15) is 5.26 Å². The lowest BCUT2D eigenvalue weighted by atomic mass is 10.0. The van der Waals surface area contributed by atoms with Crippen LogP contribution in [0.4, 0.5) is 5.69 Å². The van der Waals surface area contributed by atoms with E-state index in [0.717, 1.165) is 5.56 Å². The van der Waals surface area contributed by atoms with Crippen molar-refractivity contribution < 1.29 is 22.6 Å². The van der Waals surface area contributed by atoms with Crippen LogP contribution in [0, 0.1) is 11.3 Å². The first-order chi connectivity index (χ1) is 20.2. The smallest absolute Gasteiger partial charge is 0.348 e. The van der Waals surface area contributed by atoms with Crippen molar-refractivity contribution >= 4 is 64.2 Å². The molecule has 12 heteroatoms. The van der Waals surface area contributed by atoms with Gasteiger partial charge in [-0.05, 0) is 78.7 Å². The summed E-state index contributed by atoms with van der Waals surface area (Å²) in [4.78, 5) is 13.5. The molecule has 0 radical (unpaired) electrons. The van der Waals surface area contributed by atoms with Crippen LogP contribution < -0.4 is 9.62 Å². The van der Waals surface area contributed by atoms with Crippen LogP contribution in [0.25, 0.3) is 10.8 Å². The molecular formula is C30H28Cl2N3O5PS. The van der Waals surface area contributed by atoms with E-state index in [1.54, 1.807) is 68.4 Å². The average molecular weight is 645 g/mol. The summed E-state index contributed by atoms with van der Waals surface area (Å²) in [7, 11) is -5.58. The predicted molar refractivity (Wildman–Crippen MR) is 167 cm³/mol. The van der Waals surface area contributed by atoms with Gasteiger partial charge >= 0.3 is 7.60 Å². The normalized spacial score (nSPS) is 12.1. The van der Waals surface area contributed by atoms with Gasteiger partial charge in [-0.1, -0.05) is 53.5 Å². The van der Waals surface area contributed by atoms with E-state index < -0.39 is 18.6 Å². The molecule has 0 aliphatic heterocycles. The molecule has 0 bridgehead atoms. The number of carbonyl (C=O) groups is 1. The number of anilines is 1. The van der Waals surface area contributed by atoms with E-state index >= 15 is 0 Å². The van der Waals surface area contributed by atoms with Gasteiger partial charge < -0.3 is 14.4 Å². The number of hydrogen-bond donors (Lipinski definition) is 1. The molecule has 4 aromatic carbocycles. The highest BCUT2D eigenvalue weighted by molar-refractivity contribution is 7.87. The zero-order valence-corrected chi connectivity index (χ0v) is 26.1. The molecule has 1 amide bonds. The molecule has 0 aliphatic rings. The minimum atomic E-state index is -3.68. The lowest BCUT2D eigenvalue weighted by Crippen LogP contribution is -2.28. The summed E-state index contributed by atoms with van der Waals surface area (Å²) < 4.78 is 39.9. The number of fused-ring (bicyclic) bond motifs is 1.